The van der Waals surface area contributed by atoms with Gasteiger partial charge in [-0.2, -0.15) is 5.26 Å². The highest BCUT2D eigenvalue weighted by atomic mass is 32.2. The lowest BCUT2D eigenvalue weighted by Crippen LogP contribution is -2.31. The van der Waals surface area contributed by atoms with Crippen LogP contribution in [0.25, 0.3) is 0 Å². The predicted molar refractivity (Wildman–Crippen MR) is 105 cm³/mol. The van der Waals surface area contributed by atoms with Gasteiger partial charge in [-0.1, -0.05) is 11.8 Å². The van der Waals surface area contributed by atoms with Crippen molar-refractivity contribution in [3.8, 4) is 11.8 Å². The first-order chi connectivity index (χ1) is 13.6. The normalized spacial score (nSPS) is 18.3. The van der Waals surface area contributed by atoms with Crippen molar-refractivity contribution in [1.82, 2.24) is 4.98 Å². The minimum atomic E-state index is -0.571. The number of rotatable bonds is 5. The van der Waals surface area contributed by atoms with Crippen LogP contribution in [0.4, 0.5) is 5.69 Å². The number of aromatic nitrogens is 1. The van der Waals surface area contributed by atoms with Gasteiger partial charge in [-0.25, -0.2) is 9.88 Å². The van der Waals surface area contributed by atoms with Gasteiger partial charge >= 0.3 is 0 Å². The molecule has 2 aliphatic rings. The second-order valence-electron chi connectivity index (χ2n) is 6.72. The number of imide groups is 1. The van der Waals surface area contributed by atoms with Crippen LogP contribution in [0.5, 0.6) is 5.75 Å². The highest BCUT2D eigenvalue weighted by molar-refractivity contribution is 8.00. The molecule has 1 fully saturated rings. The summed E-state index contributed by atoms with van der Waals surface area (Å²) in [4.78, 5) is 31.3. The number of nitriles is 1. The molecule has 0 spiro atoms. The Balaban J connectivity index is 1.56. The van der Waals surface area contributed by atoms with Crippen molar-refractivity contribution in [3.63, 3.8) is 0 Å². The molecular weight excluding hydrogens is 374 g/mol. The third-order valence-electron chi connectivity index (χ3n) is 4.90. The number of anilines is 1. The summed E-state index contributed by atoms with van der Waals surface area (Å²) < 4.78 is 5.41. The van der Waals surface area contributed by atoms with Crippen LogP contribution in [0.15, 0.2) is 35.4 Å². The third kappa shape index (κ3) is 3.36. The number of pyridine rings is 1. The van der Waals surface area contributed by atoms with Crippen molar-refractivity contribution >= 4 is 29.3 Å². The first kappa shape index (κ1) is 18.5. The van der Waals surface area contributed by atoms with Crippen LogP contribution in [-0.2, 0) is 22.4 Å². The van der Waals surface area contributed by atoms with Gasteiger partial charge in [-0.15, -0.1) is 0 Å². The van der Waals surface area contributed by atoms with Crippen molar-refractivity contribution in [2.45, 2.75) is 42.9 Å². The SMILES string of the molecule is CCOc1ccc(N2C(=O)C[C@@H](Sc3nc4c(cc3C#N)CCC4)C2=O)cc1. The molecule has 1 aromatic heterocycles. The molecule has 0 N–H and O–H groups in total. The molecule has 2 aromatic rings. The van der Waals surface area contributed by atoms with E-state index in [9.17, 15) is 14.9 Å². The molecule has 2 amide bonds. The Labute approximate surface area is 167 Å². The summed E-state index contributed by atoms with van der Waals surface area (Å²) in [6.45, 7) is 2.44. The Bertz CT molecular complexity index is 982. The number of hydrogen-bond acceptors (Lipinski definition) is 6. The maximum atomic E-state index is 12.9. The summed E-state index contributed by atoms with van der Waals surface area (Å²) in [5, 5.41) is 9.44. The van der Waals surface area contributed by atoms with Gasteiger partial charge in [0.15, 0.2) is 0 Å². The van der Waals surface area contributed by atoms with Crippen molar-refractivity contribution in [3.05, 3.63) is 47.2 Å². The summed E-state index contributed by atoms with van der Waals surface area (Å²) in [7, 11) is 0. The molecule has 1 saturated heterocycles. The van der Waals surface area contributed by atoms with Crippen LogP contribution in [0.1, 0.15) is 36.6 Å². The molecule has 1 atom stereocenters. The second-order valence-corrected chi connectivity index (χ2v) is 7.91. The summed E-state index contributed by atoms with van der Waals surface area (Å²) in [6.07, 6.45) is 2.97. The number of amides is 2. The smallest absolute Gasteiger partial charge is 0.247 e. The van der Waals surface area contributed by atoms with E-state index in [1.54, 1.807) is 24.3 Å². The number of benzene rings is 1. The molecule has 6 nitrogen and oxygen atoms in total. The number of aryl methyl sites for hydroxylation is 2. The number of fused-ring (bicyclic) bond motifs is 1. The summed E-state index contributed by atoms with van der Waals surface area (Å²) in [5.74, 6) is 0.175. The zero-order valence-electron chi connectivity index (χ0n) is 15.5. The molecule has 1 aliphatic carbocycles. The van der Waals surface area contributed by atoms with Gasteiger partial charge in [0, 0.05) is 12.1 Å². The van der Waals surface area contributed by atoms with E-state index in [1.165, 1.54) is 16.7 Å². The summed E-state index contributed by atoms with van der Waals surface area (Å²) >= 11 is 1.22. The zero-order valence-corrected chi connectivity index (χ0v) is 16.3. The fourth-order valence-corrected chi connectivity index (χ4v) is 4.68. The monoisotopic (exact) mass is 393 g/mol. The Morgan fingerprint density at radius 1 is 1.29 bits per heavy atom. The van der Waals surface area contributed by atoms with E-state index in [0.29, 0.717) is 28.6 Å². The highest BCUT2D eigenvalue weighted by Gasteiger charge is 2.41. The molecular formula is C21H19N3O3S. The van der Waals surface area contributed by atoms with Crippen LogP contribution in [0.3, 0.4) is 0 Å². The number of hydrogen-bond donors (Lipinski definition) is 0. The standard InChI is InChI=1S/C21H19N3O3S/c1-2-27-16-8-6-15(7-9-16)24-19(25)11-18(21(24)26)28-20-14(12-22)10-13-4-3-5-17(13)23-20/h6-10,18H,2-5,11H2,1H3/t18-/m1/s1. The molecule has 0 saturated carbocycles. The van der Waals surface area contributed by atoms with Crippen molar-refractivity contribution < 1.29 is 14.3 Å². The Morgan fingerprint density at radius 3 is 2.79 bits per heavy atom. The van der Waals surface area contributed by atoms with Crippen LogP contribution in [0, 0.1) is 11.3 Å². The largest absolute Gasteiger partial charge is 0.494 e. The van der Waals surface area contributed by atoms with E-state index in [-0.39, 0.29) is 18.2 Å². The molecule has 142 valence electrons. The van der Waals surface area contributed by atoms with Gasteiger partial charge in [0.1, 0.15) is 16.8 Å². The van der Waals surface area contributed by atoms with Crippen molar-refractivity contribution in [2.75, 3.05) is 11.5 Å². The van der Waals surface area contributed by atoms with Gasteiger partial charge in [-0.05, 0) is 62.1 Å². The van der Waals surface area contributed by atoms with Gasteiger partial charge in [-0.3, -0.25) is 9.59 Å². The van der Waals surface area contributed by atoms with E-state index in [4.69, 9.17) is 4.74 Å². The molecule has 0 bridgehead atoms. The second kappa shape index (κ2) is 7.64. The van der Waals surface area contributed by atoms with Gasteiger partial charge in [0.25, 0.3) is 0 Å². The lowest BCUT2D eigenvalue weighted by atomic mass is 10.2. The average Bonchev–Trinajstić information content (AvgIpc) is 3.26. The van der Waals surface area contributed by atoms with Crippen LogP contribution in [0.2, 0.25) is 0 Å². The lowest BCUT2D eigenvalue weighted by Gasteiger charge is -2.15. The van der Waals surface area contributed by atoms with Gasteiger partial charge in [0.2, 0.25) is 11.8 Å². The van der Waals surface area contributed by atoms with Crippen molar-refractivity contribution in [1.29, 1.82) is 5.26 Å². The molecule has 1 aromatic carbocycles. The minimum Gasteiger partial charge on any atom is -0.494 e. The number of thioether (sulfide) groups is 1. The Morgan fingerprint density at radius 2 is 2.07 bits per heavy atom. The minimum absolute atomic E-state index is 0.0976. The van der Waals surface area contributed by atoms with Crippen LogP contribution >= 0.6 is 11.8 Å². The van der Waals surface area contributed by atoms with Gasteiger partial charge in [0.05, 0.1) is 23.1 Å². The summed E-state index contributed by atoms with van der Waals surface area (Å²) in [6, 6.07) is 11.0. The summed E-state index contributed by atoms with van der Waals surface area (Å²) in [5.41, 5.74) is 3.13. The molecule has 2 heterocycles. The average molecular weight is 393 g/mol. The number of carbonyl (C=O) groups is 2. The van der Waals surface area contributed by atoms with E-state index in [2.05, 4.69) is 11.1 Å². The maximum Gasteiger partial charge on any atom is 0.247 e. The molecule has 0 radical (unpaired) electrons. The Hall–Kier alpha value is -2.85. The zero-order chi connectivity index (χ0) is 19.7. The number of carbonyl (C=O) groups excluding carboxylic acids is 2. The highest BCUT2D eigenvalue weighted by Crippen LogP contribution is 2.36. The molecule has 4 rings (SSSR count). The Kier molecular flexibility index (Phi) is 5.05. The topological polar surface area (TPSA) is 83.3 Å². The van der Waals surface area contributed by atoms with E-state index >= 15 is 0 Å². The van der Waals surface area contributed by atoms with E-state index < -0.39 is 5.25 Å². The van der Waals surface area contributed by atoms with Crippen molar-refractivity contribution in [2.24, 2.45) is 0 Å². The first-order valence-electron chi connectivity index (χ1n) is 9.30. The predicted octanol–water partition coefficient (Wildman–Crippen LogP) is 3.26. The van der Waals surface area contributed by atoms with Crippen LogP contribution < -0.4 is 9.64 Å². The fraction of sp³-hybridized carbons (Fsp3) is 0.333. The van der Waals surface area contributed by atoms with E-state index in [1.807, 2.05) is 13.0 Å². The first-order valence-corrected chi connectivity index (χ1v) is 10.2. The third-order valence-corrected chi connectivity index (χ3v) is 6.09. The lowest BCUT2D eigenvalue weighted by molar-refractivity contribution is -0.121. The quantitative estimate of drug-likeness (QED) is 0.725. The number of ether oxygens (including phenoxy) is 1. The van der Waals surface area contributed by atoms with E-state index in [0.717, 1.165) is 30.5 Å². The molecule has 7 heteroatoms. The molecule has 28 heavy (non-hydrogen) atoms. The van der Waals surface area contributed by atoms with Gasteiger partial charge < -0.3 is 4.74 Å². The maximum absolute atomic E-state index is 12.9. The molecule has 1 aliphatic heterocycles. The number of nitrogens with zero attached hydrogens (tertiary/aromatic N) is 3. The molecule has 0 unspecified atom stereocenters. The van der Waals surface area contributed by atoms with Crippen LogP contribution in [-0.4, -0.2) is 28.7 Å². The fourth-order valence-electron chi connectivity index (χ4n) is 3.58.